The summed E-state index contributed by atoms with van der Waals surface area (Å²) in [5.41, 5.74) is 0.187. The minimum atomic E-state index is -0.583. The summed E-state index contributed by atoms with van der Waals surface area (Å²) in [6.07, 6.45) is 5.05. The van der Waals surface area contributed by atoms with E-state index in [0.29, 0.717) is 18.8 Å². The Hall–Kier alpha value is -3.36. The second-order valence-corrected chi connectivity index (χ2v) is 6.81. The van der Waals surface area contributed by atoms with E-state index in [1.165, 1.54) is 36.7 Å². The molecule has 1 saturated heterocycles. The first-order chi connectivity index (χ1) is 14.0. The van der Waals surface area contributed by atoms with Crippen molar-refractivity contribution in [1.82, 2.24) is 24.9 Å². The molecule has 1 aliphatic rings. The Morgan fingerprint density at radius 2 is 1.97 bits per heavy atom. The number of amides is 1. The number of aromatic nitrogens is 4. The van der Waals surface area contributed by atoms with Gasteiger partial charge in [0.05, 0.1) is 30.2 Å². The topological polar surface area (TPSA) is 73.1 Å². The quantitative estimate of drug-likeness (QED) is 0.674. The maximum absolute atomic E-state index is 14.5. The van der Waals surface area contributed by atoms with E-state index in [-0.39, 0.29) is 29.3 Å². The average Bonchev–Trinajstić information content (AvgIpc) is 3.25. The van der Waals surface area contributed by atoms with Gasteiger partial charge in [-0.05, 0) is 38.0 Å². The lowest BCUT2D eigenvalue weighted by Crippen LogP contribution is -2.51. The molecule has 0 spiro atoms. The third kappa shape index (κ3) is 3.80. The number of piperidine rings is 1. The molecule has 7 nitrogen and oxygen atoms in total. The van der Waals surface area contributed by atoms with Crippen LogP contribution in [0.2, 0.25) is 0 Å². The highest BCUT2D eigenvalue weighted by molar-refractivity contribution is 5.98. The van der Waals surface area contributed by atoms with Crippen molar-refractivity contribution in [2.45, 2.75) is 31.9 Å². The highest BCUT2D eigenvalue weighted by Crippen LogP contribution is 2.26. The second kappa shape index (κ2) is 7.94. The maximum Gasteiger partial charge on any atom is 0.256 e. The summed E-state index contributed by atoms with van der Waals surface area (Å²) in [4.78, 5) is 20.0. The summed E-state index contributed by atoms with van der Waals surface area (Å²) in [6.45, 7) is 2.38. The SMILES string of the molecule is C[C@H]1[C@H](Oc2ccc(F)cn2)CCCN1C(=O)c1cccc(F)c1-n1nccn1. The molecule has 0 saturated carbocycles. The van der Waals surface area contributed by atoms with Crippen molar-refractivity contribution in [3.63, 3.8) is 0 Å². The van der Waals surface area contributed by atoms with Gasteiger partial charge in [0.15, 0.2) is 5.82 Å². The molecule has 4 rings (SSSR count). The van der Waals surface area contributed by atoms with Crippen LogP contribution in [0.25, 0.3) is 5.69 Å². The van der Waals surface area contributed by atoms with E-state index in [4.69, 9.17) is 4.74 Å². The molecule has 2 aromatic heterocycles. The third-order valence-corrected chi connectivity index (χ3v) is 4.99. The van der Waals surface area contributed by atoms with E-state index < -0.39 is 11.6 Å². The van der Waals surface area contributed by atoms with E-state index in [0.717, 1.165) is 17.4 Å². The summed E-state index contributed by atoms with van der Waals surface area (Å²) < 4.78 is 33.5. The molecule has 1 amide bonds. The first-order valence-corrected chi connectivity index (χ1v) is 9.29. The second-order valence-electron chi connectivity index (χ2n) is 6.81. The third-order valence-electron chi connectivity index (χ3n) is 4.99. The van der Waals surface area contributed by atoms with Gasteiger partial charge in [0, 0.05) is 12.6 Å². The summed E-state index contributed by atoms with van der Waals surface area (Å²) in [6, 6.07) is 6.75. The lowest BCUT2D eigenvalue weighted by Gasteiger charge is -2.39. The molecule has 1 fully saturated rings. The zero-order valence-corrected chi connectivity index (χ0v) is 15.7. The van der Waals surface area contributed by atoms with Crippen molar-refractivity contribution < 1.29 is 18.3 Å². The zero-order valence-electron chi connectivity index (χ0n) is 15.7. The standard InChI is InChI=1S/C20H19F2N5O2/c1-13-17(29-18-8-7-14(21)12-23-18)6-3-11-26(13)20(28)15-4-2-5-16(22)19(15)27-24-9-10-25-27/h2,4-5,7-10,12-13,17H,3,6,11H2,1H3/t13-,17+/m0/s1. The molecule has 0 aliphatic carbocycles. The van der Waals surface area contributed by atoms with Gasteiger partial charge in [0.25, 0.3) is 5.91 Å². The van der Waals surface area contributed by atoms with Crippen LogP contribution in [0.3, 0.4) is 0 Å². The van der Waals surface area contributed by atoms with Crippen LogP contribution in [0, 0.1) is 11.6 Å². The molecule has 0 unspecified atom stereocenters. The Balaban J connectivity index is 1.59. The van der Waals surface area contributed by atoms with Gasteiger partial charge in [-0.2, -0.15) is 10.2 Å². The Morgan fingerprint density at radius 1 is 1.17 bits per heavy atom. The molecule has 1 aromatic carbocycles. The highest BCUT2D eigenvalue weighted by Gasteiger charge is 2.34. The van der Waals surface area contributed by atoms with Gasteiger partial charge >= 0.3 is 0 Å². The molecule has 0 N–H and O–H groups in total. The number of ether oxygens (including phenoxy) is 1. The van der Waals surface area contributed by atoms with Crippen LogP contribution >= 0.6 is 0 Å². The Bertz CT molecular complexity index is 995. The fourth-order valence-electron chi connectivity index (χ4n) is 3.52. The molecular weight excluding hydrogens is 380 g/mol. The minimum Gasteiger partial charge on any atom is -0.472 e. The van der Waals surface area contributed by atoms with Gasteiger partial charge in [-0.25, -0.2) is 13.8 Å². The van der Waals surface area contributed by atoms with Crippen LogP contribution in [0.4, 0.5) is 8.78 Å². The number of halogens is 2. The van der Waals surface area contributed by atoms with Crippen LogP contribution in [-0.4, -0.2) is 49.5 Å². The fourth-order valence-corrected chi connectivity index (χ4v) is 3.52. The number of likely N-dealkylation sites (tertiary alicyclic amines) is 1. The Labute approximate surface area is 165 Å². The predicted molar refractivity (Wildman–Crippen MR) is 99.7 cm³/mol. The predicted octanol–water partition coefficient (Wildman–Crippen LogP) is 3.01. The number of hydrogen-bond acceptors (Lipinski definition) is 5. The molecule has 9 heteroatoms. The van der Waals surface area contributed by atoms with Gasteiger partial charge in [-0.15, -0.1) is 4.80 Å². The van der Waals surface area contributed by atoms with Gasteiger partial charge < -0.3 is 9.64 Å². The number of hydrogen-bond donors (Lipinski definition) is 0. The zero-order chi connectivity index (χ0) is 20.4. The summed E-state index contributed by atoms with van der Waals surface area (Å²) in [5.74, 6) is -1.06. The molecule has 3 heterocycles. The molecule has 1 aliphatic heterocycles. The number of pyridine rings is 1. The van der Waals surface area contributed by atoms with E-state index >= 15 is 0 Å². The van der Waals surface area contributed by atoms with Crippen molar-refractivity contribution in [1.29, 1.82) is 0 Å². The maximum atomic E-state index is 14.5. The van der Waals surface area contributed by atoms with E-state index in [1.807, 2.05) is 6.92 Å². The number of benzene rings is 1. The highest BCUT2D eigenvalue weighted by atomic mass is 19.1. The molecular formula is C20H19F2N5O2. The molecule has 0 radical (unpaired) electrons. The van der Waals surface area contributed by atoms with E-state index in [9.17, 15) is 13.6 Å². The lowest BCUT2D eigenvalue weighted by molar-refractivity contribution is 0.0265. The molecule has 3 aromatic rings. The Kier molecular flexibility index (Phi) is 5.20. The Morgan fingerprint density at radius 3 is 2.69 bits per heavy atom. The number of carbonyl (C=O) groups excluding carboxylic acids is 1. The van der Waals surface area contributed by atoms with Crippen molar-refractivity contribution in [3.05, 3.63) is 66.1 Å². The average molecular weight is 399 g/mol. The largest absolute Gasteiger partial charge is 0.472 e. The summed E-state index contributed by atoms with van der Waals surface area (Å²) in [5, 5.41) is 7.93. The van der Waals surface area contributed by atoms with Gasteiger partial charge in [-0.1, -0.05) is 6.07 Å². The number of rotatable bonds is 4. The summed E-state index contributed by atoms with van der Waals surface area (Å²) >= 11 is 0. The van der Waals surface area contributed by atoms with Crippen molar-refractivity contribution in [3.8, 4) is 11.6 Å². The van der Waals surface area contributed by atoms with Crippen LogP contribution in [0.15, 0.2) is 48.9 Å². The first kappa shape index (κ1) is 19.0. The number of carbonyl (C=O) groups is 1. The van der Waals surface area contributed by atoms with E-state index in [2.05, 4.69) is 15.2 Å². The number of nitrogens with zero attached hydrogens (tertiary/aromatic N) is 5. The fraction of sp³-hybridized carbons (Fsp3) is 0.300. The normalized spacial score (nSPS) is 19.2. The van der Waals surface area contributed by atoms with Crippen LogP contribution in [-0.2, 0) is 0 Å². The van der Waals surface area contributed by atoms with Crippen molar-refractivity contribution in [2.24, 2.45) is 0 Å². The van der Waals surface area contributed by atoms with Gasteiger partial charge in [0.1, 0.15) is 17.6 Å². The number of para-hydroxylation sites is 1. The van der Waals surface area contributed by atoms with E-state index in [1.54, 1.807) is 11.0 Å². The van der Waals surface area contributed by atoms with Gasteiger partial charge in [-0.3, -0.25) is 4.79 Å². The van der Waals surface area contributed by atoms with Crippen LogP contribution in [0.1, 0.15) is 30.1 Å². The minimum absolute atomic E-state index is 0.0120. The smallest absolute Gasteiger partial charge is 0.256 e. The monoisotopic (exact) mass is 399 g/mol. The van der Waals surface area contributed by atoms with Crippen molar-refractivity contribution in [2.75, 3.05) is 6.54 Å². The van der Waals surface area contributed by atoms with Crippen molar-refractivity contribution >= 4 is 5.91 Å². The molecule has 29 heavy (non-hydrogen) atoms. The summed E-state index contributed by atoms with van der Waals surface area (Å²) in [7, 11) is 0. The molecule has 0 bridgehead atoms. The lowest BCUT2D eigenvalue weighted by atomic mass is 9.98. The molecule has 2 atom stereocenters. The van der Waals surface area contributed by atoms with Crippen LogP contribution < -0.4 is 4.74 Å². The van der Waals surface area contributed by atoms with Gasteiger partial charge in [0.2, 0.25) is 5.88 Å². The van der Waals surface area contributed by atoms with Crippen LogP contribution in [0.5, 0.6) is 5.88 Å². The first-order valence-electron chi connectivity index (χ1n) is 9.29. The molecule has 150 valence electrons.